The molecule has 0 saturated heterocycles. The fourth-order valence-corrected chi connectivity index (χ4v) is 2.37. The average Bonchev–Trinajstić information content (AvgIpc) is 2.27. The SMILES string of the molecule is Cc1nc(CCS(C)(=O)=O)sc1N. The van der Waals surface area contributed by atoms with Crippen molar-refractivity contribution in [3.63, 3.8) is 0 Å². The van der Waals surface area contributed by atoms with Crippen LogP contribution in [0.2, 0.25) is 0 Å². The van der Waals surface area contributed by atoms with E-state index >= 15 is 0 Å². The molecule has 0 aliphatic carbocycles. The first-order valence-electron chi connectivity index (χ1n) is 3.78. The summed E-state index contributed by atoms with van der Waals surface area (Å²) in [5.74, 6) is 0.138. The second kappa shape index (κ2) is 3.63. The molecule has 6 heteroatoms. The predicted molar refractivity (Wildman–Crippen MR) is 54.7 cm³/mol. The van der Waals surface area contributed by atoms with Crippen molar-refractivity contribution in [2.24, 2.45) is 0 Å². The van der Waals surface area contributed by atoms with Gasteiger partial charge in [0.15, 0.2) is 0 Å². The van der Waals surface area contributed by atoms with Gasteiger partial charge >= 0.3 is 0 Å². The first-order chi connectivity index (χ1) is 5.88. The molecule has 0 bridgehead atoms. The lowest BCUT2D eigenvalue weighted by Crippen LogP contribution is -2.05. The molecule has 0 amide bonds. The minimum atomic E-state index is -2.90. The number of aryl methyl sites for hydroxylation is 2. The highest BCUT2D eigenvalue weighted by atomic mass is 32.2. The summed E-state index contributed by atoms with van der Waals surface area (Å²) in [4.78, 5) is 4.14. The van der Waals surface area contributed by atoms with Crippen molar-refractivity contribution < 1.29 is 8.42 Å². The number of nitrogens with zero attached hydrogens (tertiary/aromatic N) is 1. The van der Waals surface area contributed by atoms with Crippen LogP contribution in [0.15, 0.2) is 0 Å². The second-order valence-electron chi connectivity index (χ2n) is 2.94. The van der Waals surface area contributed by atoms with Gasteiger partial charge in [-0.1, -0.05) is 0 Å². The van der Waals surface area contributed by atoms with Gasteiger partial charge in [0.05, 0.1) is 16.5 Å². The number of thiazole rings is 1. The van der Waals surface area contributed by atoms with Crippen molar-refractivity contribution in [1.29, 1.82) is 0 Å². The lowest BCUT2D eigenvalue weighted by atomic mass is 10.5. The molecular formula is C7H12N2O2S2. The molecule has 0 atom stereocenters. The van der Waals surface area contributed by atoms with Crippen LogP contribution in [-0.2, 0) is 16.3 Å². The van der Waals surface area contributed by atoms with Gasteiger partial charge in [0, 0.05) is 12.7 Å². The van der Waals surface area contributed by atoms with Crippen molar-refractivity contribution in [3.05, 3.63) is 10.7 Å². The van der Waals surface area contributed by atoms with Gasteiger partial charge in [0.2, 0.25) is 0 Å². The number of rotatable bonds is 3. The van der Waals surface area contributed by atoms with E-state index in [-0.39, 0.29) is 5.75 Å². The standard InChI is InChI=1S/C7H12N2O2S2/c1-5-7(8)12-6(9-5)3-4-13(2,10)11/h3-4,8H2,1-2H3. The van der Waals surface area contributed by atoms with Gasteiger partial charge < -0.3 is 5.73 Å². The number of sulfone groups is 1. The number of anilines is 1. The minimum absolute atomic E-state index is 0.138. The van der Waals surface area contributed by atoms with E-state index < -0.39 is 9.84 Å². The van der Waals surface area contributed by atoms with Crippen LogP contribution in [0, 0.1) is 6.92 Å². The molecule has 0 spiro atoms. The monoisotopic (exact) mass is 220 g/mol. The smallest absolute Gasteiger partial charge is 0.147 e. The number of hydrogen-bond donors (Lipinski definition) is 1. The van der Waals surface area contributed by atoms with E-state index in [0.717, 1.165) is 10.7 Å². The Balaban J connectivity index is 2.66. The van der Waals surface area contributed by atoms with E-state index in [1.165, 1.54) is 17.6 Å². The lowest BCUT2D eigenvalue weighted by molar-refractivity contribution is 0.601. The molecule has 74 valence electrons. The highest BCUT2D eigenvalue weighted by molar-refractivity contribution is 7.90. The number of nitrogen functional groups attached to an aromatic ring is 1. The molecule has 2 N–H and O–H groups in total. The van der Waals surface area contributed by atoms with Gasteiger partial charge in [0.1, 0.15) is 14.8 Å². The number of nitrogens with two attached hydrogens (primary N) is 1. The normalized spacial score (nSPS) is 11.8. The number of aromatic nitrogens is 1. The Morgan fingerprint density at radius 1 is 1.54 bits per heavy atom. The Bertz CT molecular complexity index is 375. The molecule has 0 unspecified atom stereocenters. The highest BCUT2D eigenvalue weighted by Crippen LogP contribution is 2.20. The third-order valence-electron chi connectivity index (χ3n) is 1.56. The Labute approximate surface area is 81.7 Å². The van der Waals surface area contributed by atoms with E-state index in [2.05, 4.69) is 4.98 Å². The van der Waals surface area contributed by atoms with Crippen LogP contribution in [0.4, 0.5) is 5.00 Å². The van der Waals surface area contributed by atoms with Gasteiger partial charge in [-0.25, -0.2) is 13.4 Å². The van der Waals surface area contributed by atoms with Crippen LogP contribution >= 0.6 is 11.3 Å². The van der Waals surface area contributed by atoms with E-state index in [1.54, 1.807) is 0 Å². The van der Waals surface area contributed by atoms with Gasteiger partial charge in [-0.05, 0) is 6.92 Å². The van der Waals surface area contributed by atoms with E-state index in [4.69, 9.17) is 5.73 Å². The summed E-state index contributed by atoms with van der Waals surface area (Å²) in [5, 5.41) is 1.46. The molecule has 0 radical (unpaired) electrons. The molecule has 1 aromatic rings. The van der Waals surface area contributed by atoms with E-state index in [9.17, 15) is 8.42 Å². The van der Waals surface area contributed by atoms with Crippen molar-refractivity contribution in [2.75, 3.05) is 17.7 Å². The Kier molecular flexibility index (Phi) is 2.92. The third-order valence-corrected chi connectivity index (χ3v) is 3.56. The Morgan fingerprint density at radius 3 is 2.54 bits per heavy atom. The number of hydrogen-bond acceptors (Lipinski definition) is 5. The van der Waals surface area contributed by atoms with Crippen LogP contribution in [0.25, 0.3) is 0 Å². The van der Waals surface area contributed by atoms with Crippen molar-refractivity contribution >= 4 is 26.2 Å². The first kappa shape index (κ1) is 10.5. The first-order valence-corrected chi connectivity index (χ1v) is 6.65. The molecule has 0 aliphatic heterocycles. The summed E-state index contributed by atoms with van der Waals surface area (Å²) in [5.41, 5.74) is 6.37. The fraction of sp³-hybridized carbons (Fsp3) is 0.571. The quantitative estimate of drug-likeness (QED) is 0.810. The van der Waals surface area contributed by atoms with Gasteiger partial charge in [-0.15, -0.1) is 11.3 Å². The van der Waals surface area contributed by atoms with Crippen LogP contribution in [-0.4, -0.2) is 25.4 Å². The molecule has 1 rings (SSSR count). The molecule has 0 saturated carbocycles. The summed E-state index contributed by atoms with van der Waals surface area (Å²) in [7, 11) is -2.90. The summed E-state index contributed by atoms with van der Waals surface area (Å²) in [6.07, 6.45) is 1.68. The van der Waals surface area contributed by atoms with Gasteiger partial charge in [-0.3, -0.25) is 0 Å². The summed E-state index contributed by atoms with van der Waals surface area (Å²) < 4.78 is 21.7. The predicted octanol–water partition coefficient (Wildman–Crippen LogP) is 0.621. The van der Waals surface area contributed by atoms with E-state index in [0.29, 0.717) is 11.4 Å². The zero-order chi connectivity index (χ0) is 10.1. The maximum atomic E-state index is 10.8. The van der Waals surface area contributed by atoms with Gasteiger partial charge in [-0.2, -0.15) is 0 Å². The highest BCUT2D eigenvalue weighted by Gasteiger charge is 2.07. The molecule has 4 nitrogen and oxygen atoms in total. The molecule has 0 aromatic carbocycles. The van der Waals surface area contributed by atoms with Crippen molar-refractivity contribution in [2.45, 2.75) is 13.3 Å². The van der Waals surface area contributed by atoms with Crippen LogP contribution < -0.4 is 5.73 Å². The lowest BCUT2D eigenvalue weighted by Gasteiger charge is -1.93. The zero-order valence-electron chi connectivity index (χ0n) is 7.57. The molecule has 1 aromatic heterocycles. The summed E-state index contributed by atoms with van der Waals surface area (Å²) in [6, 6.07) is 0. The fourth-order valence-electron chi connectivity index (χ4n) is 0.845. The molecule has 0 aliphatic rings. The summed E-state index contributed by atoms with van der Waals surface area (Å²) >= 11 is 1.36. The minimum Gasteiger partial charge on any atom is -0.389 e. The van der Waals surface area contributed by atoms with Crippen LogP contribution in [0.3, 0.4) is 0 Å². The topological polar surface area (TPSA) is 73.0 Å². The van der Waals surface area contributed by atoms with Crippen molar-refractivity contribution in [3.8, 4) is 0 Å². The molecule has 13 heavy (non-hydrogen) atoms. The van der Waals surface area contributed by atoms with Crippen LogP contribution in [0.5, 0.6) is 0 Å². The molecular weight excluding hydrogens is 208 g/mol. The Hall–Kier alpha value is -0.620. The molecule has 1 heterocycles. The summed E-state index contributed by atoms with van der Waals surface area (Å²) in [6.45, 7) is 1.82. The second-order valence-corrected chi connectivity index (χ2v) is 6.31. The maximum Gasteiger partial charge on any atom is 0.147 e. The zero-order valence-corrected chi connectivity index (χ0v) is 9.20. The average molecular weight is 220 g/mol. The van der Waals surface area contributed by atoms with Gasteiger partial charge in [0.25, 0.3) is 0 Å². The van der Waals surface area contributed by atoms with Crippen molar-refractivity contribution in [1.82, 2.24) is 4.98 Å². The maximum absolute atomic E-state index is 10.8. The third kappa shape index (κ3) is 3.31. The van der Waals surface area contributed by atoms with E-state index in [1.807, 2.05) is 6.92 Å². The molecule has 0 fully saturated rings. The largest absolute Gasteiger partial charge is 0.389 e. The Morgan fingerprint density at radius 2 is 2.15 bits per heavy atom. The van der Waals surface area contributed by atoms with Crippen LogP contribution in [0.1, 0.15) is 10.7 Å².